The number of likely N-dealkylation sites (N-methyl/N-ethyl adjacent to an activating group) is 1. The molecule has 0 saturated heterocycles. The summed E-state index contributed by atoms with van der Waals surface area (Å²) in [7, 11) is 6.69. The van der Waals surface area contributed by atoms with Gasteiger partial charge in [0.05, 0.1) is 27.4 Å². The smallest absolute Gasteiger partial charge is 0.343 e. The average molecular weight is 524 g/mol. The van der Waals surface area contributed by atoms with Gasteiger partial charge >= 0.3 is 5.97 Å². The van der Waals surface area contributed by atoms with Crippen molar-refractivity contribution in [2.45, 2.75) is 18.6 Å². The molecule has 8 nitrogen and oxygen atoms in total. The molecule has 0 unspecified atom stereocenters. The van der Waals surface area contributed by atoms with Crippen LogP contribution in [0, 0.1) is 0 Å². The van der Waals surface area contributed by atoms with Gasteiger partial charge in [-0.25, -0.2) is 4.79 Å². The number of nitrogens with zero attached hydrogens (tertiary/aromatic N) is 1. The lowest BCUT2D eigenvalue weighted by Gasteiger charge is -2.39. The molecule has 0 fully saturated rings. The first-order valence-electron chi connectivity index (χ1n) is 11.9. The highest BCUT2D eigenvalue weighted by Gasteiger charge is 2.47. The molecule has 0 radical (unpaired) electrons. The van der Waals surface area contributed by atoms with Crippen LogP contribution in [0.4, 0.5) is 0 Å². The van der Waals surface area contributed by atoms with E-state index in [1.807, 2.05) is 37.4 Å². The van der Waals surface area contributed by atoms with Gasteiger partial charge in [0.15, 0.2) is 23.0 Å². The van der Waals surface area contributed by atoms with Gasteiger partial charge in [0.2, 0.25) is 12.5 Å². The van der Waals surface area contributed by atoms with Crippen molar-refractivity contribution in [3.8, 4) is 39.9 Å². The minimum atomic E-state index is -0.604. The average Bonchev–Trinajstić information content (AvgIpc) is 3.51. The van der Waals surface area contributed by atoms with E-state index in [0.29, 0.717) is 39.3 Å². The van der Waals surface area contributed by atoms with Crippen LogP contribution in [0.15, 0.2) is 36.4 Å². The molecule has 3 heterocycles. The van der Waals surface area contributed by atoms with Gasteiger partial charge < -0.3 is 28.4 Å². The molecule has 9 heteroatoms. The number of carbonyl (C=O) groups excluding carboxylic acids is 1. The summed E-state index contributed by atoms with van der Waals surface area (Å²) in [4.78, 5) is 15.4. The van der Waals surface area contributed by atoms with Gasteiger partial charge in [-0.05, 0) is 42.8 Å². The Balaban J connectivity index is 1.60. The number of rotatable bonds is 5. The van der Waals surface area contributed by atoms with Crippen LogP contribution in [0.3, 0.4) is 0 Å². The predicted octanol–water partition coefficient (Wildman–Crippen LogP) is 5.20. The van der Waals surface area contributed by atoms with E-state index < -0.39 is 12.1 Å². The van der Waals surface area contributed by atoms with Gasteiger partial charge in [0.1, 0.15) is 11.7 Å². The zero-order chi connectivity index (χ0) is 25.8. The Morgan fingerprint density at radius 3 is 2.49 bits per heavy atom. The highest BCUT2D eigenvalue weighted by molar-refractivity contribution is 6.30. The summed E-state index contributed by atoms with van der Waals surface area (Å²) < 4.78 is 34.9. The first-order chi connectivity index (χ1) is 18.0. The summed E-state index contributed by atoms with van der Waals surface area (Å²) in [5.41, 5.74) is 4.90. The number of cyclic esters (lactones) is 1. The molecule has 3 aliphatic heterocycles. The number of esters is 1. The predicted molar refractivity (Wildman–Crippen MR) is 136 cm³/mol. The molecule has 0 amide bonds. The molecule has 0 N–H and O–H groups in total. The van der Waals surface area contributed by atoms with Crippen molar-refractivity contribution in [1.29, 1.82) is 0 Å². The molecular weight excluding hydrogens is 498 g/mol. The third kappa shape index (κ3) is 3.50. The van der Waals surface area contributed by atoms with Gasteiger partial charge in [-0.3, -0.25) is 4.90 Å². The standard InChI is InChI=1S/C28H26ClNO7/c1-30-11-10-16-19(14-6-5-7-15(29)12-14)26-27(36-13-35-26)25(34-4)20(16)22(30)23-17-8-9-18(32-2)24(33-3)21(17)28(31)37-23/h5-9,12,22-23H,10-11,13H2,1-4H3/t22-,23+/m1/s1. The topological polar surface area (TPSA) is 75.7 Å². The number of methoxy groups -OCH3 is 3. The van der Waals surface area contributed by atoms with Crippen molar-refractivity contribution < 1.29 is 33.2 Å². The number of fused-ring (bicyclic) bond motifs is 3. The molecule has 0 saturated carbocycles. The lowest BCUT2D eigenvalue weighted by Crippen LogP contribution is -2.36. The van der Waals surface area contributed by atoms with Crippen molar-refractivity contribution in [1.82, 2.24) is 4.90 Å². The van der Waals surface area contributed by atoms with Gasteiger partial charge in [0.25, 0.3) is 0 Å². The Morgan fingerprint density at radius 2 is 1.76 bits per heavy atom. The molecule has 3 aliphatic rings. The third-order valence-corrected chi connectivity index (χ3v) is 7.56. The minimum absolute atomic E-state index is 0.0842. The number of hydrogen-bond donors (Lipinski definition) is 0. The van der Waals surface area contributed by atoms with Gasteiger partial charge in [-0.2, -0.15) is 0 Å². The summed E-state index contributed by atoms with van der Waals surface area (Å²) in [6, 6.07) is 11.0. The second-order valence-corrected chi connectivity index (χ2v) is 9.58. The molecule has 0 bridgehead atoms. The van der Waals surface area contributed by atoms with E-state index in [1.165, 1.54) is 14.2 Å². The van der Waals surface area contributed by atoms with E-state index in [1.54, 1.807) is 13.2 Å². The zero-order valence-corrected chi connectivity index (χ0v) is 21.7. The van der Waals surface area contributed by atoms with Gasteiger partial charge in [-0.1, -0.05) is 29.8 Å². The Hall–Kier alpha value is -3.62. The molecule has 37 heavy (non-hydrogen) atoms. The fourth-order valence-corrected chi connectivity index (χ4v) is 5.97. The molecule has 0 aliphatic carbocycles. The Labute approximate surface area is 219 Å². The van der Waals surface area contributed by atoms with Crippen LogP contribution in [0.5, 0.6) is 28.7 Å². The largest absolute Gasteiger partial charge is 0.493 e. The highest BCUT2D eigenvalue weighted by Crippen LogP contribution is 2.58. The maximum absolute atomic E-state index is 13.2. The zero-order valence-electron chi connectivity index (χ0n) is 20.9. The van der Waals surface area contributed by atoms with Crippen LogP contribution in [0.25, 0.3) is 11.1 Å². The van der Waals surface area contributed by atoms with Crippen LogP contribution in [-0.4, -0.2) is 52.6 Å². The van der Waals surface area contributed by atoms with E-state index in [9.17, 15) is 4.79 Å². The fraction of sp³-hybridized carbons (Fsp3) is 0.321. The third-order valence-electron chi connectivity index (χ3n) is 7.33. The van der Waals surface area contributed by atoms with Crippen LogP contribution < -0.4 is 23.7 Å². The van der Waals surface area contributed by atoms with Crippen molar-refractivity contribution in [3.63, 3.8) is 0 Å². The van der Waals surface area contributed by atoms with Crippen LogP contribution >= 0.6 is 11.6 Å². The number of benzene rings is 3. The van der Waals surface area contributed by atoms with Crippen LogP contribution in [0.2, 0.25) is 5.02 Å². The maximum Gasteiger partial charge on any atom is 0.343 e. The van der Waals surface area contributed by atoms with Crippen molar-refractivity contribution in [2.24, 2.45) is 0 Å². The van der Waals surface area contributed by atoms with E-state index in [0.717, 1.165) is 40.8 Å². The van der Waals surface area contributed by atoms with E-state index in [4.69, 9.17) is 40.0 Å². The van der Waals surface area contributed by atoms with E-state index >= 15 is 0 Å². The van der Waals surface area contributed by atoms with Crippen molar-refractivity contribution in [2.75, 3.05) is 41.7 Å². The second kappa shape index (κ2) is 9.04. The van der Waals surface area contributed by atoms with E-state index in [-0.39, 0.29) is 12.8 Å². The Morgan fingerprint density at radius 1 is 0.973 bits per heavy atom. The van der Waals surface area contributed by atoms with Crippen LogP contribution in [0.1, 0.15) is 39.2 Å². The molecular formula is C28H26ClNO7. The van der Waals surface area contributed by atoms with Crippen LogP contribution in [-0.2, 0) is 11.2 Å². The molecule has 0 spiro atoms. The SMILES string of the molecule is COc1ccc2c(c1OC)C(=O)O[C@@H]2[C@H]1c2c(c(-c3cccc(Cl)c3)c3c(c2OC)OCO3)CCN1C. The maximum atomic E-state index is 13.2. The molecule has 0 aromatic heterocycles. The van der Waals surface area contributed by atoms with Gasteiger partial charge in [-0.15, -0.1) is 0 Å². The van der Waals surface area contributed by atoms with E-state index in [2.05, 4.69) is 4.90 Å². The monoisotopic (exact) mass is 523 g/mol. The first kappa shape index (κ1) is 23.8. The quantitative estimate of drug-likeness (QED) is 0.422. The second-order valence-electron chi connectivity index (χ2n) is 9.14. The summed E-state index contributed by atoms with van der Waals surface area (Å²) >= 11 is 6.38. The lowest BCUT2D eigenvalue weighted by atomic mass is 9.81. The molecule has 192 valence electrons. The lowest BCUT2D eigenvalue weighted by molar-refractivity contribution is 0.00877. The minimum Gasteiger partial charge on any atom is -0.493 e. The first-order valence-corrected chi connectivity index (χ1v) is 12.3. The summed E-state index contributed by atoms with van der Waals surface area (Å²) in [5.74, 6) is 2.13. The summed E-state index contributed by atoms with van der Waals surface area (Å²) in [6.07, 6.45) is 0.129. The summed E-state index contributed by atoms with van der Waals surface area (Å²) in [5, 5.41) is 0.624. The fourth-order valence-electron chi connectivity index (χ4n) is 5.78. The van der Waals surface area contributed by atoms with Gasteiger partial charge in [0, 0.05) is 28.3 Å². The van der Waals surface area contributed by atoms with Crippen molar-refractivity contribution in [3.05, 3.63) is 63.7 Å². The number of ether oxygens (including phenoxy) is 6. The summed E-state index contributed by atoms with van der Waals surface area (Å²) in [6.45, 7) is 0.811. The molecule has 3 aromatic rings. The normalized spacial score (nSPS) is 19.8. The number of halogens is 1. The molecule has 3 aromatic carbocycles. The molecule has 2 atom stereocenters. The Kier molecular flexibility index (Phi) is 5.81. The Bertz CT molecular complexity index is 1420. The number of hydrogen-bond acceptors (Lipinski definition) is 8. The highest BCUT2D eigenvalue weighted by atomic mass is 35.5. The number of carbonyl (C=O) groups is 1. The van der Waals surface area contributed by atoms with Crippen molar-refractivity contribution >= 4 is 17.6 Å². The molecule has 6 rings (SSSR count).